The first-order valence-electron chi connectivity index (χ1n) is 17.1. The van der Waals surface area contributed by atoms with Gasteiger partial charge in [0.15, 0.2) is 12.5 Å². The molecule has 0 aromatic heterocycles. The van der Waals surface area contributed by atoms with Crippen LogP contribution in [0.4, 0.5) is 0 Å². The van der Waals surface area contributed by atoms with Crippen LogP contribution in [0, 0.1) is 48.5 Å². The molecule has 15 heteroatoms. The molecule has 4 aromatic carbocycles. The first-order valence-corrected chi connectivity index (χ1v) is 17.9. The second kappa shape index (κ2) is 17.3. The summed E-state index contributed by atoms with van der Waals surface area (Å²) in [5, 5.41) is 32.4. The lowest BCUT2D eigenvalue weighted by Crippen LogP contribution is -2.18. The maximum absolute atomic E-state index is 13.8. The molecule has 0 fully saturated rings. The van der Waals surface area contributed by atoms with Crippen molar-refractivity contribution < 1.29 is 67.7 Å². The van der Waals surface area contributed by atoms with Crippen LogP contribution in [0.1, 0.15) is 92.9 Å². The van der Waals surface area contributed by atoms with Gasteiger partial charge in [0.1, 0.15) is 67.0 Å². The first kappa shape index (κ1) is 42.9. The van der Waals surface area contributed by atoms with Crippen molar-refractivity contribution in [2.45, 2.75) is 61.8 Å². The van der Waals surface area contributed by atoms with E-state index >= 15 is 0 Å². The summed E-state index contributed by atoms with van der Waals surface area (Å²) < 4.78 is 38.0. The standard InChI is InChI=1S/C41H43BrO14/c1-12-25-21(6)31(38(46)53-16-50-9)36(52-11)23(8)35(25)55-40(48)29-18(3)14-26(22(7)33(29)44)54-41(49)30-19(4)20(5)37(32(42)34(30)45)56-39(47)28-17(2)13-24(43)15-27(28)51-10/h13-15,43-45H,12,16H2,1-11H3. The smallest absolute Gasteiger partial charge is 0.347 e. The van der Waals surface area contributed by atoms with E-state index in [1.54, 1.807) is 27.7 Å². The Labute approximate surface area is 331 Å². The maximum Gasteiger partial charge on any atom is 0.347 e. The van der Waals surface area contributed by atoms with E-state index in [0.717, 1.165) is 0 Å². The minimum Gasteiger partial charge on any atom is -0.508 e. The average molecular weight is 840 g/mol. The molecular weight excluding hydrogens is 796 g/mol. The number of carbonyl (C=O) groups excluding carboxylic acids is 4. The predicted molar refractivity (Wildman–Crippen MR) is 206 cm³/mol. The van der Waals surface area contributed by atoms with E-state index in [0.29, 0.717) is 34.2 Å². The van der Waals surface area contributed by atoms with Gasteiger partial charge >= 0.3 is 23.9 Å². The number of hydrogen-bond acceptors (Lipinski definition) is 14. The molecule has 4 aromatic rings. The third-order valence-electron chi connectivity index (χ3n) is 9.41. The van der Waals surface area contributed by atoms with Crippen LogP contribution in [0.25, 0.3) is 0 Å². The fourth-order valence-corrected chi connectivity index (χ4v) is 6.95. The highest BCUT2D eigenvalue weighted by molar-refractivity contribution is 9.10. The molecule has 3 N–H and O–H groups in total. The van der Waals surface area contributed by atoms with Crippen LogP contribution in [0.15, 0.2) is 22.7 Å². The number of phenols is 3. The van der Waals surface area contributed by atoms with Crippen LogP contribution in [-0.2, 0) is 15.9 Å². The van der Waals surface area contributed by atoms with E-state index in [-0.39, 0.29) is 84.7 Å². The Bertz CT molecular complexity index is 2250. The van der Waals surface area contributed by atoms with Crippen LogP contribution in [-0.4, -0.2) is 67.3 Å². The maximum atomic E-state index is 13.8. The summed E-state index contributed by atoms with van der Waals surface area (Å²) in [4.78, 5) is 53.6. The van der Waals surface area contributed by atoms with Gasteiger partial charge in [0.2, 0.25) is 0 Å². The second-order valence-corrected chi connectivity index (χ2v) is 13.6. The van der Waals surface area contributed by atoms with Gasteiger partial charge in [0.25, 0.3) is 0 Å². The highest BCUT2D eigenvalue weighted by atomic mass is 79.9. The zero-order valence-corrected chi connectivity index (χ0v) is 34.4. The third kappa shape index (κ3) is 7.95. The SMILES string of the molecule is CCc1c(C)c(C(=O)OCOC)c(OC)c(C)c1OC(=O)c1c(C)cc(OC(=O)c2c(C)c(C)c(OC(=O)c3c(C)cc(O)cc3OC)c(Br)c2O)c(C)c1O. The molecule has 0 amide bonds. The summed E-state index contributed by atoms with van der Waals surface area (Å²) in [6, 6.07) is 4.00. The van der Waals surface area contributed by atoms with Crippen molar-refractivity contribution >= 4 is 39.8 Å². The Hall–Kier alpha value is -5.80. The number of aromatic hydroxyl groups is 3. The minimum atomic E-state index is -1.01. The average Bonchev–Trinajstić information content (AvgIpc) is 3.14. The molecule has 56 heavy (non-hydrogen) atoms. The van der Waals surface area contributed by atoms with E-state index in [9.17, 15) is 34.5 Å². The quantitative estimate of drug-likeness (QED) is 0.0713. The number of rotatable bonds is 12. The number of benzene rings is 4. The molecule has 0 heterocycles. The van der Waals surface area contributed by atoms with Crippen molar-refractivity contribution in [2.24, 2.45) is 0 Å². The summed E-state index contributed by atoms with van der Waals surface area (Å²) in [7, 11) is 4.08. The lowest BCUT2D eigenvalue weighted by atomic mass is 9.94. The van der Waals surface area contributed by atoms with Crippen molar-refractivity contribution in [3.63, 3.8) is 0 Å². The Balaban J connectivity index is 1.67. The number of hydrogen-bond donors (Lipinski definition) is 3. The molecular formula is C41H43BrO14. The molecule has 0 saturated heterocycles. The van der Waals surface area contributed by atoms with Crippen molar-refractivity contribution in [1.29, 1.82) is 0 Å². The zero-order chi connectivity index (χ0) is 41.9. The molecule has 0 aliphatic heterocycles. The third-order valence-corrected chi connectivity index (χ3v) is 10.1. The summed E-state index contributed by atoms with van der Waals surface area (Å²) in [6.07, 6.45) is 0.362. The van der Waals surface area contributed by atoms with Crippen LogP contribution in [0.5, 0.6) is 46.0 Å². The second-order valence-electron chi connectivity index (χ2n) is 12.8. The van der Waals surface area contributed by atoms with E-state index in [1.807, 2.05) is 6.92 Å². The van der Waals surface area contributed by atoms with Gasteiger partial charge in [-0.2, -0.15) is 0 Å². The molecule has 4 rings (SSSR count). The monoisotopic (exact) mass is 838 g/mol. The number of carbonyl (C=O) groups is 4. The van der Waals surface area contributed by atoms with Crippen molar-refractivity contribution in [2.75, 3.05) is 28.1 Å². The van der Waals surface area contributed by atoms with Gasteiger partial charge in [0, 0.05) is 24.3 Å². The first-order chi connectivity index (χ1) is 26.4. The Morgan fingerprint density at radius 2 is 1.16 bits per heavy atom. The summed E-state index contributed by atoms with van der Waals surface area (Å²) in [6.45, 7) is 12.5. The van der Waals surface area contributed by atoms with Gasteiger partial charge in [-0.05, 0) is 116 Å². The number of methoxy groups -OCH3 is 3. The Morgan fingerprint density at radius 3 is 1.75 bits per heavy atom. The topological polar surface area (TPSA) is 194 Å². The van der Waals surface area contributed by atoms with Crippen molar-refractivity contribution in [3.05, 3.63) is 89.4 Å². The molecule has 0 aliphatic rings. The fraction of sp³-hybridized carbons (Fsp3) is 0.317. The lowest BCUT2D eigenvalue weighted by molar-refractivity contribution is -0.0128. The molecule has 0 saturated carbocycles. The Kier molecular flexibility index (Phi) is 13.3. The predicted octanol–water partition coefficient (Wildman–Crippen LogP) is 7.72. The van der Waals surface area contributed by atoms with Gasteiger partial charge in [-0.3, -0.25) is 0 Å². The van der Waals surface area contributed by atoms with Crippen LogP contribution < -0.4 is 23.7 Å². The molecule has 0 bridgehead atoms. The van der Waals surface area contributed by atoms with E-state index in [2.05, 4.69) is 15.9 Å². The molecule has 0 spiro atoms. The van der Waals surface area contributed by atoms with E-state index in [1.165, 1.54) is 60.3 Å². The van der Waals surface area contributed by atoms with Gasteiger partial charge < -0.3 is 48.5 Å². The summed E-state index contributed by atoms with van der Waals surface area (Å²) in [5.74, 6) is -4.49. The highest BCUT2D eigenvalue weighted by Gasteiger charge is 2.32. The number of ether oxygens (including phenoxy) is 7. The largest absolute Gasteiger partial charge is 0.508 e. The molecule has 0 atom stereocenters. The normalized spacial score (nSPS) is 10.9. The fourth-order valence-electron chi connectivity index (χ4n) is 6.38. The minimum absolute atomic E-state index is 0.0185. The number of aryl methyl sites for hydroxylation is 2. The van der Waals surface area contributed by atoms with E-state index < -0.39 is 35.4 Å². The molecule has 0 radical (unpaired) electrons. The zero-order valence-electron chi connectivity index (χ0n) is 32.9. The van der Waals surface area contributed by atoms with Crippen LogP contribution >= 0.6 is 15.9 Å². The van der Waals surface area contributed by atoms with Crippen molar-refractivity contribution in [1.82, 2.24) is 0 Å². The number of halogens is 1. The molecule has 14 nitrogen and oxygen atoms in total. The lowest BCUT2D eigenvalue weighted by Gasteiger charge is -2.22. The van der Waals surface area contributed by atoms with Crippen LogP contribution in [0.3, 0.4) is 0 Å². The molecule has 0 aliphatic carbocycles. The van der Waals surface area contributed by atoms with Gasteiger partial charge in [-0.1, -0.05) is 6.92 Å². The summed E-state index contributed by atoms with van der Waals surface area (Å²) >= 11 is 3.24. The van der Waals surface area contributed by atoms with E-state index in [4.69, 9.17) is 33.2 Å². The van der Waals surface area contributed by atoms with Gasteiger partial charge in [0.05, 0.1) is 14.2 Å². The molecule has 298 valence electrons. The van der Waals surface area contributed by atoms with Crippen LogP contribution in [0.2, 0.25) is 0 Å². The highest BCUT2D eigenvalue weighted by Crippen LogP contribution is 2.45. The summed E-state index contributed by atoms with van der Waals surface area (Å²) in [5.41, 5.74) is 2.22. The number of esters is 4. The van der Waals surface area contributed by atoms with Gasteiger partial charge in [-0.15, -0.1) is 0 Å². The van der Waals surface area contributed by atoms with Crippen molar-refractivity contribution in [3.8, 4) is 46.0 Å². The Morgan fingerprint density at radius 1 is 0.571 bits per heavy atom. The van der Waals surface area contributed by atoms with Gasteiger partial charge in [-0.25, -0.2) is 19.2 Å². The molecule has 0 unspecified atom stereocenters. The number of phenolic OH excluding ortho intramolecular Hbond substituents is 3.